The molecule has 0 aromatic heterocycles. The van der Waals surface area contributed by atoms with Gasteiger partial charge in [-0.2, -0.15) is 0 Å². The summed E-state index contributed by atoms with van der Waals surface area (Å²) in [6.07, 6.45) is 1.96. The van der Waals surface area contributed by atoms with Crippen molar-refractivity contribution in [3.8, 4) is 5.75 Å². The van der Waals surface area contributed by atoms with Gasteiger partial charge in [0.25, 0.3) is 5.91 Å². The lowest BCUT2D eigenvalue weighted by molar-refractivity contribution is -0.151. The normalized spacial score (nSPS) is 15.0. The number of ether oxygens (including phenoxy) is 2. The number of aryl methyl sites for hydroxylation is 2. The number of methoxy groups -OCH3 is 1. The predicted octanol–water partition coefficient (Wildman–Crippen LogP) is 3.31. The van der Waals surface area contributed by atoms with Gasteiger partial charge in [0, 0.05) is 5.69 Å². The zero-order valence-corrected chi connectivity index (χ0v) is 20.8. The van der Waals surface area contributed by atoms with E-state index in [1.54, 1.807) is 24.3 Å². The Morgan fingerprint density at radius 3 is 2.17 bits per heavy atom. The second-order valence-electron chi connectivity index (χ2n) is 9.20. The molecule has 1 atom stereocenters. The summed E-state index contributed by atoms with van der Waals surface area (Å²) in [4.78, 5) is 48.7. The van der Waals surface area contributed by atoms with Crippen molar-refractivity contribution in [3.63, 3.8) is 0 Å². The monoisotopic (exact) mass is 496 g/mol. The molecule has 2 amide bonds. The fourth-order valence-electron chi connectivity index (χ4n) is 4.46. The van der Waals surface area contributed by atoms with Gasteiger partial charge in [-0.3, -0.25) is 14.4 Å². The zero-order valence-electron chi connectivity index (χ0n) is 20.8. The van der Waals surface area contributed by atoms with E-state index in [0.29, 0.717) is 18.6 Å². The number of aliphatic carboxylic acids is 1. The van der Waals surface area contributed by atoms with Crippen molar-refractivity contribution >= 4 is 29.4 Å². The third-order valence-corrected chi connectivity index (χ3v) is 6.10. The van der Waals surface area contributed by atoms with Crippen molar-refractivity contribution < 1.29 is 33.8 Å². The third-order valence-electron chi connectivity index (χ3n) is 6.10. The van der Waals surface area contributed by atoms with Crippen molar-refractivity contribution in [2.24, 2.45) is 0 Å². The third kappa shape index (κ3) is 7.07. The van der Waals surface area contributed by atoms with Crippen LogP contribution in [0.25, 0.3) is 0 Å². The number of anilines is 1. The highest BCUT2D eigenvalue weighted by Gasteiger charge is 2.45. The van der Waals surface area contributed by atoms with Crippen LogP contribution in [0.15, 0.2) is 42.5 Å². The average Bonchev–Trinajstić information content (AvgIpc) is 3.28. The van der Waals surface area contributed by atoms with Crippen LogP contribution >= 0.6 is 0 Å². The van der Waals surface area contributed by atoms with E-state index >= 15 is 0 Å². The number of carbonyl (C=O) groups is 4. The molecule has 36 heavy (non-hydrogen) atoms. The van der Waals surface area contributed by atoms with Crippen LogP contribution in [-0.4, -0.2) is 47.6 Å². The maximum absolute atomic E-state index is 13.1. The van der Waals surface area contributed by atoms with Crippen molar-refractivity contribution in [2.45, 2.75) is 64.0 Å². The van der Waals surface area contributed by atoms with Crippen LogP contribution in [0.4, 0.5) is 5.69 Å². The molecule has 2 aromatic carbocycles. The summed E-state index contributed by atoms with van der Waals surface area (Å²) in [6.45, 7) is 3.95. The molecule has 1 fully saturated rings. The first-order valence-electron chi connectivity index (χ1n) is 11.9. The molecule has 1 aliphatic rings. The Kier molecular flexibility index (Phi) is 8.68. The number of carboxylic acids is 1. The molecule has 1 aliphatic carbocycles. The minimum absolute atomic E-state index is 0.146. The highest BCUT2D eigenvalue weighted by molar-refractivity contribution is 5.93. The Bertz CT molecular complexity index is 1100. The molecule has 2 aromatic rings. The Hall–Kier alpha value is -3.88. The maximum Gasteiger partial charge on any atom is 0.328 e. The number of esters is 1. The standard InChI is InChI=1S/C27H32N2O7/c1-17-12-18(2)14-20(13-17)28-23(30)15-19-6-8-21(9-7-19)36-27(10-4-5-11-27)26(34)29-22(16-24(31)32)25(33)35-3/h6-9,12-14,22H,4-5,10-11,15-16H2,1-3H3,(H,28,30)(H,29,34)(H,31,32)/t22-/m0/s1. The molecule has 9 nitrogen and oxygen atoms in total. The minimum atomic E-state index is -1.31. The summed E-state index contributed by atoms with van der Waals surface area (Å²) in [5, 5.41) is 14.5. The van der Waals surface area contributed by atoms with Gasteiger partial charge >= 0.3 is 11.9 Å². The number of carboxylic acid groups (broad SMARTS) is 1. The molecule has 0 bridgehead atoms. The summed E-state index contributed by atoms with van der Waals surface area (Å²) in [5.74, 6) is -2.31. The molecule has 9 heteroatoms. The summed E-state index contributed by atoms with van der Waals surface area (Å²) >= 11 is 0. The fraction of sp³-hybridized carbons (Fsp3) is 0.407. The second-order valence-corrected chi connectivity index (χ2v) is 9.20. The van der Waals surface area contributed by atoms with Crippen molar-refractivity contribution in [1.82, 2.24) is 5.32 Å². The summed E-state index contributed by atoms with van der Waals surface area (Å²) < 4.78 is 10.7. The topological polar surface area (TPSA) is 131 Å². The van der Waals surface area contributed by atoms with Gasteiger partial charge in [-0.1, -0.05) is 18.2 Å². The van der Waals surface area contributed by atoms with Crippen molar-refractivity contribution in [2.75, 3.05) is 12.4 Å². The number of rotatable bonds is 10. The van der Waals surface area contributed by atoms with Gasteiger partial charge in [-0.25, -0.2) is 4.79 Å². The lowest BCUT2D eigenvalue weighted by Crippen LogP contribution is -2.54. The fourth-order valence-corrected chi connectivity index (χ4v) is 4.46. The first-order chi connectivity index (χ1) is 17.1. The molecule has 0 saturated heterocycles. The van der Waals surface area contributed by atoms with E-state index in [2.05, 4.69) is 15.4 Å². The van der Waals surface area contributed by atoms with Gasteiger partial charge in [0.1, 0.15) is 11.8 Å². The van der Waals surface area contributed by atoms with E-state index in [1.807, 2.05) is 32.0 Å². The van der Waals surface area contributed by atoms with Gasteiger partial charge in [0.2, 0.25) is 5.91 Å². The van der Waals surface area contributed by atoms with Crippen LogP contribution in [0.3, 0.4) is 0 Å². The largest absolute Gasteiger partial charge is 0.481 e. The second kappa shape index (κ2) is 11.7. The number of amides is 2. The predicted molar refractivity (Wildman–Crippen MR) is 133 cm³/mol. The van der Waals surface area contributed by atoms with Gasteiger partial charge in [-0.15, -0.1) is 0 Å². The number of hydrogen-bond donors (Lipinski definition) is 3. The smallest absolute Gasteiger partial charge is 0.328 e. The number of nitrogens with one attached hydrogen (secondary N) is 2. The highest BCUT2D eigenvalue weighted by atomic mass is 16.5. The van der Waals surface area contributed by atoms with Crippen molar-refractivity contribution in [3.05, 3.63) is 59.2 Å². The molecular weight excluding hydrogens is 464 g/mol. The van der Waals surface area contributed by atoms with Gasteiger partial charge in [0.05, 0.1) is 20.0 Å². The number of carbonyl (C=O) groups excluding carboxylic acids is 3. The van der Waals surface area contributed by atoms with Gasteiger partial charge < -0.3 is 25.2 Å². The lowest BCUT2D eigenvalue weighted by Gasteiger charge is -2.30. The quantitative estimate of drug-likeness (QED) is 0.430. The maximum atomic E-state index is 13.1. The summed E-state index contributed by atoms with van der Waals surface area (Å²) in [7, 11) is 1.13. The van der Waals surface area contributed by atoms with E-state index in [4.69, 9.17) is 9.84 Å². The van der Waals surface area contributed by atoms with E-state index in [-0.39, 0.29) is 12.3 Å². The number of benzene rings is 2. The van der Waals surface area contributed by atoms with Gasteiger partial charge in [-0.05, 0) is 80.5 Å². The molecule has 192 valence electrons. The van der Waals surface area contributed by atoms with Crippen LogP contribution in [0.5, 0.6) is 5.75 Å². The first-order valence-corrected chi connectivity index (χ1v) is 11.9. The molecule has 3 N–H and O–H groups in total. The van der Waals surface area contributed by atoms with Gasteiger partial charge in [0.15, 0.2) is 5.60 Å². The molecule has 0 heterocycles. The molecule has 1 saturated carbocycles. The van der Waals surface area contributed by atoms with E-state index in [1.165, 1.54) is 0 Å². The Morgan fingerprint density at radius 2 is 1.61 bits per heavy atom. The minimum Gasteiger partial charge on any atom is -0.481 e. The lowest BCUT2D eigenvalue weighted by atomic mass is 9.99. The SMILES string of the molecule is COC(=O)[C@H](CC(=O)O)NC(=O)C1(Oc2ccc(CC(=O)Nc3cc(C)cc(C)c3)cc2)CCCC1. The Labute approximate surface area is 210 Å². The average molecular weight is 497 g/mol. The van der Waals surface area contributed by atoms with Crippen LogP contribution in [-0.2, 0) is 30.3 Å². The molecule has 0 unspecified atom stereocenters. The molecule has 0 radical (unpaired) electrons. The van der Waals surface area contributed by atoms with E-state index < -0.39 is 35.9 Å². The van der Waals surface area contributed by atoms with Crippen LogP contribution < -0.4 is 15.4 Å². The number of hydrogen-bond acceptors (Lipinski definition) is 6. The molecule has 0 spiro atoms. The summed E-state index contributed by atoms with van der Waals surface area (Å²) in [6, 6.07) is 11.5. The van der Waals surface area contributed by atoms with E-state index in [0.717, 1.165) is 42.3 Å². The van der Waals surface area contributed by atoms with Crippen LogP contribution in [0.2, 0.25) is 0 Å². The zero-order chi connectivity index (χ0) is 26.3. The van der Waals surface area contributed by atoms with Crippen molar-refractivity contribution in [1.29, 1.82) is 0 Å². The van der Waals surface area contributed by atoms with Crippen LogP contribution in [0, 0.1) is 13.8 Å². The van der Waals surface area contributed by atoms with Crippen LogP contribution in [0.1, 0.15) is 48.8 Å². The Balaban J connectivity index is 1.65. The molecular formula is C27H32N2O7. The molecule has 3 rings (SSSR count). The summed E-state index contributed by atoms with van der Waals surface area (Å²) in [5.41, 5.74) is 2.45. The molecule has 0 aliphatic heterocycles. The van der Waals surface area contributed by atoms with E-state index in [9.17, 15) is 19.2 Å². The first kappa shape index (κ1) is 26.7. The highest BCUT2D eigenvalue weighted by Crippen LogP contribution is 2.35. The Morgan fingerprint density at radius 1 is 1.00 bits per heavy atom.